The quantitative estimate of drug-likeness (QED) is 0.644. The smallest absolute Gasteiger partial charge is 0.0749 e. The molecule has 0 atom stereocenters. The van der Waals surface area contributed by atoms with Gasteiger partial charge in [-0.3, -0.25) is 4.90 Å². The van der Waals surface area contributed by atoms with Crippen molar-refractivity contribution >= 4 is 0 Å². The van der Waals surface area contributed by atoms with Gasteiger partial charge in [0.1, 0.15) is 0 Å². The Morgan fingerprint density at radius 3 is 2.33 bits per heavy atom. The van der Waals surface area contributed by atoms with Gasteiger partial charge in [-0.1, -0.05) is 6.92 Å². The average Bonchev–Trinajstić information content (AvgIpc) is 2.03. The molecule has 0 rings (SSSR count). The molecule has 0 fully saturated rings. The van der Waals surface area contributed by atoms with E-state index in [1.54, 1.807) is 7.11 Å². The molecule has 0 aliphatic rings. The van der Waals surface area contributed by atoms with Crippen LogP contribution in [0.15, 0.2) is 0 Å². The summed E-state index contributed by atoms with van der Waals surface area (Å²) in [7, 11) is 1.75. The van der Waals surface area contributed by atoms with Crippen molar-refractivity contribution in [1.29, 1.82) is 0 Å². The predicted octanol–water partition coefficient (Wildman–Crippen LogP) is 0.692. The fourth-order valence-corrected chi connectivity index (χ4v) is 1.13. The molecule has 0 amide bonds. The van der Waals surface area contributed by atoms with Crippen molar-refractivity contribution in [2.75, 3.05) is 33.3 Å². The summed E-state index contributed by atoms with van der Waals surface area (Å²) in [4.78, 5) is 2.30. The molecule has 3 heteroatoms. The third kappa shape index (κ3) is 4.70. The number of nitrogens with two attached hydrogens (primary N) is 1. The van der Waals surface area contributed by atoms with Crippen LogP contribution in [0.5, 0.6) is 0 Å². The zero-order valence-corrected chi connectivity index (χ0v) is 8.76. The van der Waals surface area contributed by atoms with E-state index in [1.807, 2.05) is 0 Å². The lowest BCUT2D eigenvalue weighted by molar-refractivity contribution is -0.00577. The minimum absolute atomic E-state index is 0.0643. The first-order valence-electron chi connectivity index (χ1n) is 4.53. The number of rotatable bonds is 6. The Balaban J connectivity index is 3.83. The van der Waals surface area contributed by atoms with Gasteiger partial charge < -0.3 is 10.5 Å². The highest BCUT2D eigenvalue weighted by atomic mass is 16.5. The fourth-order valence-electron chi connectivity index (χ4n) is 1.13. The minimum atomic E-state index is -0.0643. The molecule has 0 aliphatic carbocycles. The van der Waals surface area contributed by atoms with E-state index in [4.69, 9.17) is 10.5 Å². The molecule has 0 aliphatic heterocycles. The fraction of sp³-hybridized carbons (Fsp3) is 1.00. The van der Waals surface area contributed by atoms with Crippen LogP contribution in [-0.2, 0) is 4.74 Å². The minimum Gasteiger partial charge on any atom is -0.377 e. The summed E-state index contributed by atoms with van der Waals surface area (Å²) in [6.45, 7) is 9.96. The molecule has 0 aromatic rings. The van der Waals surface area contributed by atoms with Gasteiger partial charge in [0.25, 0.3) is 0 Å². The van der Waals surface area contributed by atoms with Crippen LogP contribution in [0.4, 0.5) is 0 Å². The molecule has 0 saturated heterocycles. The van der Waals surface area contributed by atoms with E-state index in [1.165, 1.54) is 0 Å². The summed E-state index contributed by atoms with van der Waals surface area (Å²) < 4.78 is 5.33. The molecule has 12 heavy (non-hydrogen) atoms. The second-order valence-electron chi connectivity index (χ2n) is 3.62. The highest BCUT2D eigenvalue weighted by Crippen LogP contribution is 2.09. The van der Waals surface area contributed by atoms with Crippen molar-refractivity contribution in [1.82, 2.24) is 4.90 Å². The maximum Gasteiger partial charge on any atom is 0.0749 e. The molecule has 3 nitrogen and oxygen atoms in total. The molecular weight excluding hydrogens is 152 g/mol. The van der Waals surface area contributed by atoms with Crippen LogP contribution in [0.25, 0.3) is 0 Å². The molecule has 0 heterocycles. The molecular formula is C9H22N2O. The van der Waals surface area contributed by atoms with E-state index in [2.05, 4.69) is 25.7 Å². The second-order valence-corrected chi connectivity index (χ2v) is 3.62. The Kier molecular flexibility index (Phi) is 5.46. The zero-order chi connectivity index (χ0) is 9.61. The normalized spacial score (nSPS) is 12.5. The topological polar surface area (TPSA) is 38.5 Å². The first-order chi connectivity index (χ1) is 5.55. The van der Waals surface area contributed by atoms with Gasteiger partial charge in [0.15, 0.2) is 0 Å². The summed E-state index contributed by atoms with van der Waals surface area (Å²) >= 11 is 0. The van der Waals surface area contributed by atoms with E-state index in [0.717, 1.165) is 19.6 Å². The Bertz CT molecular complexity index is 115. The third-order valence-electron chi connectivity index (χ3n) is 2.05. The van der Waals surface area contributed by atoms with E-state index in [-0.39, 0.29) is 5.60 Å². The SMILES string of the molecule is CCN(CCN)CC(C)(C)OC. The van der Waals surface area contributed by atoms with Crippen molar-refractivity contribution in [3.63, 3.8) is 0 Å². The number of nitrogens with zero attached hydrogens (tertiary/aromatic N) is 1. The van der Waals surface area contributed by atoms with Crippen molar-refractivity contribution in [3.05, 3.63) is 0 Å². The molecule has 0 unspecified atom stereocenters. The number of likely N-dealkylation sites (N-methyl/N-ethyl adjacent to an activating group) is 1. The molecule has 2 N–H and O–H groups in total. The Labute approximate surface area is 75.9 Å². The monoisotopic (exact) mass is 174 g/mol. The van der Waals surface area contributed by atoms with Gasteiger partial charge in [-0.25, -0.2) is 0 Å². The summed E-state index contributed by atoms with van der Waals surface area (Å²) in [6.07, 6.45) is 0. The molecule has 0 saturated carbocycles. The lowest BCUT2D eigenvalue weighted by atomic mass is 10.1. The van der Waals surface area contributed by atoms with Crippen molar-refractivity contribution in [3.8, 4) is 0 Å². The van der Waals surface area contributed by atoms with Crippen molar-refractivity contribution in [2.45, 2.75) is 26.4 Å². The van der Waals surface area contributed by atoms with Crippen LogP contribution in [-0.4, -0.2) is 43.8 Å². The van der Waals surface area contributed by atoms with Gasteiger partial charge in [-0.05, 0) is 20.4 Å². The van der Waals surface area contributed by atoms with Crippen LogP contribution >= 0.6 is 0 Å². The summed E-state index contributed by atoms with van der Waals surface area (Å²) in [5.41, 5.74) is 5.42. The number of hydrogen-bond acceptors (Lipinski definition) is 3. The van der Waals surface area contributed by atoms with Crippen molar-refractivity contribution in [2.24, 2.45) is 5.73 Å². The highest BCUT2D eigenvalue weighted by Gasteiger charge is 2.19. The van der Waals surface area contributed by atoms with Gasteiger partial charge in [0.05, 0.1) is 5.60 Å². The largest absolute Gasteiger partial charge is 0.377 e. The number of hydrogen-bond donors (Lipinski definition) is 1. The average molecular weight is 174 g/mol. The second kappa shape index (κ2) is 5.51. The molecule has 0 bridgehead atoms. The molecule has 0 aromatic heterocycles. The highest BCUT2D eigenvalue weighted by molar-refractivity contribution is 4.73. The predicted molar refractivity (Wildman–Crippen MR) is 52.3 cm³/mol. The van der Waals surface area contributed by atoms with Gasteiger partial charge >= 0.3 is 0 Å². The summed E-state index contributed by atoms with van der Waals surface area (Å²) in [5.74, 6) is 0. The van der Waals surface area contributed by atoms with Crippen LogP contribution < -0.4 is 5.73 Å². The van der Waals surface area contributed by atoms with Crippen LogP contribution in [0.3, 0.4) is 0 Å². The standard InChI is InChI=1S/C9H22N2O/c1-5-11(7-6-10)8-9(2,3)12-4/h5-8,10H2,1-4H3. The molecule has 0 radical (unpaired) electrons. The molecule has 74 valence electrons. The lowest BCUT2D eigenvalue weighted by Crippen LogP contribution is -2.42. The van der Waals surface area contributed by atoms with Crippen LogP contribution in [0.2, 0.25) is 0 Å². The van der Waals surface area contributed by atoms with E-state index >= 15 is 0 Å². The first kappa shape index (κ1) is 11.9. The maximum atomic E-state index is 5.48. The third-order valence-corrected chi connectivity index (χ3v) is 2.05. The van der Waals surface area contributed by atoms with E-state index < -0.39 is 0 Å². The zero-order valence-electron chi connectivity index (χ0n) is 8.76. The van der Waals surface area contributed by atoms with Gasteiger partial charge in [-0.2, -0.15) is 0 Å². The molecule has 0 spiro atoms. The Morgan fingerprint density at radius 2 is 2.00 bits per heavy atom. The number of methoxy groups -OCH3 is 1. The van der Waals surface area contributed by atoms with E-state index in [0.29, 0.717) is 6.54 Å². The van der Waals surface area contributed by atoms with Gasteiger partial charge in [0, 0.05) is 26.7 Å². The van der Waals surface area contributed by atoms with Gasteiger partial charge in [0.2, 0.25) is 0 Å². The number of ether oxygens (including phenoxy) is 1. The Morgan fingerprint density at radius 1 is 1.42 bits per heavy atom. The summed E-state index contributed by atoms with van der Waals surface area (Å²) in [6, 6.07) is 0. The Hall–Kier alpha value is -0.120. The van der Waals surface area contributed by atoms with E-state index in [9.17, 15) is 0 Å². The van der Waals surface area contributed by atoms with Gasteiger partial charge in [-0.15, -0.1) is 0 Å². The first-order valence-corrected chi connectivity index (χ1v) is 4.53. The van der Waals surface area contributed by atoms with Crippen LogP contribution in [0.1, 0.15) is 20.8 Å². The molecule has 0 aromatic carbocycles. The lowest BCUT2D eigenvalue weighted by Gasteiger charge is -2.30. The maximum absolute atomic E-state index is 5.48. The summed E-state index contributed by atoms with van der Waals surface area (Å²) in [5, 5.41) is 0. The van der Waals surface area contributed by atoms with Crippen LogP contribution in [0, 0.1) is 0 Å². The van der Waals surface area contributed by atoms with Crippen molar-refractivity contribution < 1.29 is 4.74 Å².